The van der Waals surface area contributed by atoms with Gasteiger partial charge in [-0.15, -0.1) is 0 Å². The molecule has 2 rings (SSSR count). The van der Waals surface area contributed by atoms with E-state index in [9.17, 15) is 19.2 Å². The van der Waals surface area contributed by atoms with Gasteiger partial charge in [0.1, 0.15) is 6.54 Å². The van der Waals surface area contributed by atoms with E-state index in [0.717, 1.165) is 10.5 Å². The van der Waals surface area contributed by atoms with E-state index in [2.05, 4.69) is 5.32 Å². The van der Waals surface area contributed by atoms with Gasteiger partial charge >= 0.3 is 17.8 Å². The number of rotatable bonds is 6. The van der Waals surface area contributed by atoms with Crippen LogP contribution in [-0.4, -0.2) is 46.1 Å². The van der Waals surface area contributed by atoms with Crippen LogP contribution in [0.4, 0.5) is 4.79 Å². The van der Waals surface area contributed by atoms with Crippen LogP contribution in [0, 0.1) is 5.92 Å². The zero-order valence-corrected chi connectivity index (χ0v) is 14.0. The summed E-state index contributed by atoms with van der Waals surface area (Å²) in [7, 11) is 0. The van der Waals surface area contributed by atoms with Crippen molar-refractivity contribution in [2.45, 2.75) is 33.4 Å². The molecule has 1 heterocycles. The molecule has 128 valence electrons. The van der Waals surface area contributed by atoms with Gasteiger partial charge in [-0.25, -0.2) is 9.69 Å². The van der Waals surface area contributed by atoms with Gasteiger partial charge < -0.3 is 5.32 Å². The first-order valence-corrected chi connectivity index (χ1v) is 7.82. The van der Waals surface area contributed by atoms with Gasteiger partial charge in [0.25, 0.3) is 0 Å². The van der Waals surface area contributed by atoms with Gasteiger partial charge in [0, 0.05) is 6.04 Å². The van der Waals surface area contributed by atoms with Gasteiger partial charge in [0.05, 0.1) is 6.54 Å². The largest absolute Gasteiger partial charge is 0.352 e. The Morgan fingerprint density at radius 1 is 1.00 bits per heavy atom. The molecule has 1 saturated heterocycles. The average Bonchev–Trinajstić information content (AvgIpc) is 2.73. The molecule has 1 aliphatic heterocycles. The number of urea groups is 1. The number of imide groups is 2. The van der Waals surface area contributed by atoms with Crippen molar-refractivity contribution in [2.24, 2.45) is 5.92 Å². The smallest absolute Gasteiger partial charge is 0.335 e. The number of hydrogen-bond acceptors (Lipinski definition) is 4. The van der Waals surface area contributed by atoms with Gasteiger partial charge in [-0.2, -0.15) is 0 Å². The van der Waals surface area contributed by atoms with Crippen LogP contribution < -0.4 is 5.32 Å². The molecule has 0 spiro atoms. The predicted octanol–water partition coefficient (Wildman–Crippen LogP) is 1.14. The summed E-state index contributed by atoms with van der Waals surface area (Å²) in [6.07, 6.45) is 0. The van der Waals surface area contributed by atoms with Crippen LogP contribution in [0.25, 0.3) is 0 Å². The highest BCUT2D eigenvalue weighted by Crippen LogP contribution is 2.15. The maximum atomic E-state index is 12.3. The molecule has 24 heavy (non-hydrogen) atoms. The highest BCUT2D eigenvalue weighted by Gasteiger charge is 2.45. The second-order valence-electron chi connectivity index (χ2n) is 6.15. The summed E-state index contributed by atoms with van der Waals surface area (Å²) < 4.78 is 0. The topological polar surface area (TPSA) is 86.8 Å². The van der Waals surface area contributed by atoms with E-state index < -0.39 is 30.3 Å². The molecule has 0 saturated carbocycles. The van der Waals surface area contributed by atoms with Crippen molar-refractivity contribution in [1.82, 2.24) is 15.1 Å². The first-order chi connectivity index (χ1) is 11.3. The number of nitrogens with zero attached hydrogens (tertiary/aromatic N) is 2. The lowest BCUT2D eigenvalue weighted by molar-refractivity contribution is -0.144. The monoisotopic (exact) mass is 331 g/mol. The van der Waals surface area contributed by atoms with Gasteiger partial charge in [-0.05, 0) is 18.4 Å². The molecule has 5 amide bonds. The molecule has 0 aromatic heterocycles. The molecule has 1 aromatic carbocycles. The second-order valence-corrected chi connectivity index (χ2v) is 6.15. The number of nitrogens with one attached hydrogen (secondary N) is 1. The van der Waals surface area contributed by atoms with Crippen LogP contribution in [0.2, 0.25) is 0 Å². The van der Waals surface area contributed by atoms with E-state index in [1.54, 1.807) is 24.3 Å². The summed E-state index contributed by atoms with van der Waals surface area (Å²) in [6, 6.07) is 8.02. The Bertz CT molecular complexity index is 657. The SMILES string of the molecule is CC(C)[C@@H](C)NC(=O)CN1C(=O)C(=O)N(Cc2ccccc2)C1=O. The lowest BCUT2D eigenvalue weighted by atomic mass is 10.1. The Kier molecular flexibility index (Phi) is 5.33. The quantitative estimate of drug-likeness (QED) is 0.625. The van der Waals surface area contributed by atoms with Gasteiger partial charge in [-0.1, -0.05) is 44.2 Å². The van der Waals surface area contributed by atoms with E-state index in [4.69, 9.17) is 0 Å². The molecule has 0 aliphatic carbocycles. The van der Waals surface area contributed by atoms with Crippen molar-refractivity contribution >= 4 is 23.8 Å². The van der Waals surface area contributed by atoms with E-state index in [1.165, 1.54) is 0 Å². The third-order valence-electron chi connectivity index (χ3n) is 4.01. The van der Waals surface area contributed by atoms with Crippen LogP contribution in [0.5, 0.6) is 0 Å². The fraction of sp³-hybridized carbons (Fsp3) is 0.412. The first kappa shape index (κ1) is 17.7. The molecular formula is C17H21N3O4. The lowest BCUT2D eigenvalue weighted by Crippen LogP contribution is -2.45. The minimum Gasteiger partial charge on any atom is -0.352 e. The maximum Gasteiger partial charge on any atom is 0.335 e. The highest BCUT2D eigenvalue weighted by molar-refractivity contribution is 6.44. The average molecular weight is 331 g/mol. The Morgan fingerprint density at radius 3 is 2.17 bits per heavy atom. The molecule has 7 heteroatoms. The molecule has 1 aromatic rings. The van der Waals surface area contributed by atoms with Crippen LogP contribution in [0.15, 0.2) is 30.3 Å². The third-order valence-corrected chi connectivity index (χ3v) is 4.01. The van der Waals surface area contributed by atoms with Gasteiger partial charge in [0.2, 0.25) is 5.91 Å². The van der Waals surface area contributed by atoms with Crippen LogP contribution in [-0.2, 0) is 20.9 Å². The Morgan fingerprint density at radius 2 is 1.58 bits per heavy atom. The number of hydrogen-bond donors (Lipinski definition) is 1. The van der Waals surface area contributed by atoms with Crippen LogP contribution >= 0.6 is 0 Å². The Hall–Kier alpha value is -2.70. The van der Waals surface area contributed by atoms with Crippen molar-refractivity contribution in [3.8, 4) is 0 Å². The first-order valence-electron chi connectivity index (χ1n) is 7.82. The molecule has 0 bridgehead atoms. The minimum atomic E-state index is -0.969. The molecule has 1 atom stereocenters. The normalized spacial score (nSPS) is 16.1. The fourth-order valence-electron chi connectivity index (χ4n) is 2.21. The van der Waals surface area contributed by atoms with E-state index in [-0.39, 0.29) is 18.5 Å². The van der Waals surface area contributed by atoms with Crippen molar-refractivity contribution in [3.63, 3.8) is 0 Å². The summed E-state index contributed by atoms with van der Waals surface area (Å²) in [4.78, 5) is 49.9. The number of carbonyl (C=O) groups excluding carboxylic acids is 4. The maximum absolute atomic E-state index is 12.3. The van der Waals surface area contributed by atoms with E-state index in [1.807, 2.05) is 26.8 Å². The zero-order valence-electron chi connectivity index (χ0n) is 14.0. The molecule has 0 unspecified atom stereocenters. The zero-order chi connectivity index (χ0) is 17.9. The third kappa shape index (κ3) is 3.79. The molecule has 0 radical (unpaired) electrons. The second kappa shape index (κ2) is 7.25. The van der Waals surface area contributed by atoms with Crippen LogP contribution in [0.1, 0.15) is 26.3 Å². The van der Waals surface area contributed by atoms with Gasteiger partial charge in [0.15, 0.2) is 0 Å². The number of carbonyl (C=O) groups is 4. The molecule has 1 aliphatic rings. The van der Waals surface area contributed by atoms with Crippen molar-refractivity contribution in [2.75, 3.05) is 6.54 Å². The fourth-order valence-corrected chi connectivity index (χ4v) is 2.21. The Balaban J connectivity index is 2.04. The number of amides is 5. The molecule has 1 fully saturated rings. The van der Waals surface area contributed by atoms with E-state index in [0.29, 0.717) is 4.90 Å². The standard InChI is InChI=1S/C17H21N3O4/c1-11(2)12(3)18-14(21)10-20-16(23)15(22)19(17(20)24)9-13-7-5-4-6-8-13/h4-8,11-12H,9-10H2,1-3H3,(H,18,21)/t12-/m1/s1. The van der Waals surface area contributed by atoms with Crippen LogP contribution in [0.3, 0.4) is 0 Å². The van der Waals surface area contributed by atoms with Crippen molar-refractivity contribution < 1.29 is 19.2 Å². The summed E-state index contributed by atoms with van der Waals surface area (Å²) >= 11 is 0. The van der Waals surface area contributed by atoms with Crippen molar-refractivity contribution in [1.29, 1.82) is 0 Å². The summed E-state index contributed by atoms with van der Waals surface area (Å²) in [5, 5.41) is 2.71. The van der Waals surface area contributed by atoms with E-state index >= 15 is 0 Å². The van der Waals surface area contributed by atoms with Crippen molar-refractivity contribution in [3.05, 3.63) is 35.9 Å². The summed E-state index contributed by atoms with van der Waals surface area (Å²) in [6.45, 7) is 5.28. The summed E-state index contributed by atoms with van der Waals surface area (Å²) in [5.74, 6) is -2.13. The molecule has 7 nitrogen and oxygen atoms in total. The lowest BCUT2D eigenvalue weighted by Gasteiger charge is -2.19. The summed E-state index contributed by atoms with van der Waals surface area (Å²) in [5.41, 5.74) is 0.728. The van der Waals surface area contributed by atoms with Gasteiger partial charge in [-0.3, -0.25) is 19.3 Å². The Labute approximate surface area is 140 Å². The predicted molar refractivity (Wildman–Crippen MR) is 86.5 cm³/mol. The molecule has 1 N–H and O–H groups in total. The number of benzene rings is 1. The molecular weight excluding hydrogens is 310 g/mol. The minimum absolute atomic E-state index is 0.00472. The highest BCUT2D eigenvalue weighted by atomic mass is 16.2.